The van der Waals surface area contributed by atoms with Crippen LogP contribution in [0.3, 0.4) is 0 Å². The van der Waals surface area contributed by atoms with Gasteiger partial charge in [0.2, 0.25) is 0 Å². The molecule has 0 radical (unpaired) electrons. The molecule has 1 aromatic heterocycles. The number of nitriles is 1. The van der Waals surface area contributed by atoms with Crippen molar-refractivity contribution in [2.75, 3.05) is 0 Å². The molecule has 1 aromatic carbocycles. The lowest BCUT2D eigenvalue weighted by Gasteiger charge is -2.07. The van der Waals surface area contributed by atoms with Crippen molar-refractivity contribution in [2.45, 2.75) is 6.42 Å². The molecule has 0 aliphatic carbocycles. The number of halogens is 4. The minimum Gasteiger partial charge on any atom is -0.253 e. The predicted octanol–water partition coefficient (Wildman–Crippen LogP) is 4.51. The molecule has 1 heterocycles. The molecule has 0 atom stereocenters. The molecule has 0 saturated heterocycles. The van der Waals surface area contributed by atoms with Gasteiger partial charge in [-0.1, -0.05) is 23.2 Å². The lowest BCUT2D eigenvalue weighted by molar-refractivity contribution is 0.630. The van der Waals surface area contributed by atoms with Gasteiger partial charge in [-0.15, -0.1) is 0 Å². The van der Waals surface area contributed by atoms with E-state index >= 15 is 0 Å². The molecule has 0 unspecified atom stereocenters. The number of fused-ring (bicyclic) bond motifs is 1. The summed E-state index contributed by atoms with van der Waals surface area (Å²) >= 11 is 15.0. The van der Waals surface area contributed by atoms with Crippen LogP contribution in [0.5, 0.6) is 0 Å². The Hall–Kier alpha value is -0.890. The fourth-order valence-electron chi connectivity index (χ4n) is 1.46. The molecule has 0 N–H and O–H groups in total. The van der Waals surface area contributed by atoms with Crippen LogP contribution >= 0.6 is 39.1 Å². The Morgan fingerprint density at radius 1 is 1.47 bits per heavy atom. The second-order valence-electron chi connectivity index (χ2n) is 3.31. The van der Waals surface area contributed by atoms with E-state index in [-0.39, 0.29) is 21.4 Å². The molecule has 6 heteroatoms. The maximum absolute atomic E-state index is 13.8. The molecule has 0 fully saturated rings. The molecule has 0 amide bonds. The Morgan fingerprint density at radius 2 is 2.18 bits per heavy atom. The fraction of sp³-hybridized carbons (Fsp3) is 0.0909. The minimum absolute atomic E-state index is 0.122. The van der Waals surface area contributed by atoms with Crippen molar-refractivity contribution in [3.8, 4) is 6.07 Å². The SMILES string of the molecule is N#CCc1cnc2c(F)c(Br)c(Cl)cc2c1Cl. The number of aromatic nitrogens is 1. The highest BCUT2D eigenvalue weighted by Gasteiger charge is 2.15. The summed E-state index contributed by atoms with van der Waals surface area (Å²) in [6.45, 7) is 0. The summed E-state index contributed by atoms with van der Waals surface area (Å²) in [5.41, 5.74) is 0.687. The van der Waals surface area contributed by atoms with Crippen molar-refractivity contribution < 1.29 is 4.39 Å². The summed E-state index contributed by atoms with van der Waals surface area (Å²) in [5, 5.41) is 9.56. The summed E-state index contributed by atoms with van der Waals surface area (Å²) in [6.07, 6.45) is 1.52. The molecule has 86 valence electrons. The molecule has 2 nitrogen and oxygen atoms in total. The van der Waals surface area contributed by atoms with Crippen LogP contribution in [0.4, 0.5) is 4.39 Å². The number of hydrogen-bond donors (Lipinski definition) is 0. The zero-order valence-electron chi connectivity index (χ0n) is 8.27. The molecule has 0 saturated carbocycles. The van der Waals surface area contributed by atoms with Crippen molar-refractivity contribution in [1.29, 1.82) is 5.26 Å². The molecule has 2 aromatic rings. The van der Waals surface area contributed by atoms with Crippen LogP contribution in [0.15, 0.2) is 16.7 Å². The van der Waals surface area contributed by atoms with Gasteiger partial charge in [0.15, 0.2) is 5.82 Å². The first kappa shape index (κ1) is 12.6. The molecule has 0 bridgehead atoms. The zero-order valence-corrected chi connectivity index (χ0v) is 11.4. The maximum Gasteiger partial charge on any atom is 0.165 e. The van der Waals surface area contributed by atoms with Crippen molar-refractivity contribution in [1.82, 2.24) is 4.98 Å². The summed E-state index contributed by atoms with van der Waals surface area (Å²) in [5.74, 6) is -0.557. The molecule has 0 aliphatic rings. The third kappa shape index (κ3) is 2.11. The van der Waals surface area contributed by atoms with E-state index in [4.69, 9.17) is 28.5 Å². The third-order valence-corrected chi connectivity index (χ3v) is 4.02. The fourth-order valence-corrected chi connectivity index (χ4v) is 2.21. The molecule has 2 rings (SSSR count). The Bertz CT molecular complexity index is 652. The van der Waals surface area contributed by atoms with Gasteiger partial charge in [-0.05, 0) is 22.0 Å². The molecule has 0 spiro atoms. The van der Waals surface area contributed by atoms with Gasteiger partial charge in [0, 0.05) is 17.1 Å². The van der Waals surface area contributed by atoms with E-state index in [0.717, 1.165) is 0 Å². The van der Waals surface area contributed by atoms with Crippen LogP contribution in [0.1, 0.15) is 5.56 Å². The van der Waals surface area contributed by atoms with Gasteiger partial charge in [0.1, 0.15) is 5.52 Å². The van der Waals surface area contributed by atoms with Crippen LogP contribution in [0, 0.1) is 17.1 Å². The van der Waals surface area contributed by atoms with E-state index in [1.807, 2.05) is 6.07 Å². The van der Waals surface area contributed by atoms with Crippen LogP contribution in [0.2, 0.25) is 10.0 Å². The average molecular weight is 334 g/mol. The normalized spacial score (nSPS) is 10.5. The van der Waals surface area contributed by atoms with Gasteiger partial charge in [0.05, 0.1) is 27.0 Å². The van der Waals surface area contributed by atoms with Gasteiger partial charge < -0.3 is 0 Å². The first-order valence-corrected chi connectivity index (χ1v) is 6.08. The highest BCUT2D eigenvalue weighted by Crippen LogP contribution is 2.35. The lowest BCUT2D eigenvalue weighted by atomic mass is 10.1. The van der Waals surface area contributed by atoms with E-state index < -0.39 is 5.82 Å². The predicted molar refractivity (Wildman–Crippen MR) is 68.7 cm³/mol. The zero-order chi connectivity index (χ0) is 12.6. The van der Waals surface area contributed by atoms with Crippen molar-refractivity contribution >= 4 is 50.0 Å². The average Bonchev–Trinajstić information content (AvgIpc) is 2.31. The summed E-state index contributed by atoms with van der Waals surface area (Å²) in [7, 11) is 0. The topological polar surface area (TPSA) is 36.7 Å². The van der Waals surface area contributed by atoms with Crippen molar-refractivity contribution in [2.24, 2.45) is 0 Å². The van der Waals surface area contributed by atoms with Crippen LogP contribution in [-0.4, -0.2) is 4.98 Å². The highest BCUT2D eigenvalue weighted by molar-refractivity contribution is 9.10. The third-order valence-electron chi connectivity index (χ3n) is 2.27. The van der Waals surface area contributed by atoms with Gasteiger partial charge in [-0.2, -0.15) is 5.26 Å². The first-order chi connectivity index (χ1) is 8.06. The molecular formula is C11H4BrCl2FN2. The van der Waals surface area contributed by atoms with E-state index in [0.29, 0.717) is 16.0 Å². The minimum atomic E-state index is -0.557. The van der Waals surface area contributed by atoms with Gasteiger partial charge in [-0.25, -0.2) is 4.39 Å². The Kier molecular flexibility index (Phi) is 3.53. The van der Waals surface area contributed by atoms with Crippen molar-refractivity contribution in [3.63, 3.8) is 0 Å². The second-order valence-corrected chi connectivity index (χ2v) is 4.89. The maximum atomic E-state index is 13.8. The number of hydrogen-bond acceptors (Lipinski definition) is 2. The summed E-state index contributed by atoms with van der Waals surface area (Å²) < 4.78 is 14.0. The molecular weight excluding hydrogens is 330 g/mol. The molecule has 0 aliphatic heterocycles. The lowest BCUT2D eigenvalue weighted by Crippen LogP contribution is -1.93. The Labute approximate surface area is 115 Å². The number of benzene rings is 1. The summed E-state index contributed by atoms with van der Waals surface area (Å²) in [6, 6.07) is 3.50. The van der Waals surface area contributed by atoms with E-state index in [9.17, 15) is 4.39 Å². The van der Waals surface area contributed by atoms with Crippen molar-refractivity contribution in [3.05, 3.63) is 38.2 Å². The standard InChI is InChI=1S/C11H4BrCl2FN2/c12-8-7(13)3-6-9(14)5(1-2-16)4-17-11(6)10(8)15/h3-4H,1H2. The Morgan fingerprint density at radius 3 is 2.82 bits per heavy atom. The number of rotatable bonds is 1. The Balaban J connectivity index is 2.84. The number of nitrogens with zero attached hydrogens (tertiary/aromatic N) is 2. The van der Waals surface area contributed by atoms with E-state index in [2.05, 4.69) is 20.9 Å². The van der Waals surface area contributed by atoms with Gasteiger partial charge in [0.25, 0.3) is 0 Å². The molecule has 17 heavy (non-hydrogen) atoms. The smallest absolute Gasteiger partial charge is 0.165 e. The van der Waals surface area contributed by atoms with Gasteiger partial charge in [-0.3, -0.25) is 4.98 Å². The quantitative estimate of drug-likeness (QED) is 0.720. The first-order valence-electron chi connectivity index (χ1n) is 4.53. The monoisotopic (exact) mass is 332 g/mol. The number of pyridine rings is 1. The summed E-state index contributed by atoms with van der Waals surface area (Å²) in [4.78, 5) is 3.96. The van der Waals surface area contributed by atoms with Crippen LogP contribution in [-0.2, 0) is 6.42 Å². The van der Waals surface area contributed by atoms with Crippen LogP contribution in [0.25, 0.3) is 10.9 Å². The van der Waals surface area contributed by atoms with E-state index in [1.54, 1.807) is 0 Å². The highest BCUT2D eigenvalue weighted by atomic mass is 79.9. The van der Waals surface area contributed by atoms with Gasteiger partial charge >= 0.3 is 0 Å². The second kappa shape index (κ2) is 4.77. The largest absolute Gasteiger partial charge is 0.253 e. The van der Waals surface area contributed by atoms with Crippen LogP contribution < -0.4 is 0 Å². The van der Waals surface area contributed by atoms with E-state index in [1.165, 1.54) is 12.3 Å².